The number of hydrogen-bond acceptors (Lipinski definition) is 5. The van der Waals surface area contributed by atoms with Gasteiger partial charge in [-0.15, -0.1) is 0 Å². The third kappa shape index (κ3) is 4.76. The number of piperidine rings is 1. The highest BCUT2D eigenvalue weighted by atomic mass is 35.5. The fourth-order valence-electron chi connectivity index (χ4n) is 4.54. The molecule has 0 spiro atoms. The second-order valence-electron chi connectivity index (χ2n) is 8.88. The van der Waals surface area contributed by atoms with Crippen LogP contribution in [0, 0.1) is 6.92 Å². The van der Waals surface area contributed by atoms with Crippen LogP contribution in [0.5, 0.6) is 6.01 Å². The second kappa shape index (κ2) is 9.17. The minimum atomic E-state index is -3.17. The number of aromatic amines is 1. The van der Waals surface area contributed by atoms with Gasteiger partial charge in [-0.05, 0) is 61.4 Å². The Morgan fingerprint density at radius 3 is 2.62 bits per heavy atom. The van der Waals surface area contributed by atoms with E-state index in [9.17, 15) is 8.42 Å². The fourth-order valence-corrected chi connectivity index (χ4v) is 5.68. The van der Waals surface area contributed by atoms with Gasteiger partial charge in [-0.3, -0.25) is 0 Å². The minimum absolute atomic E-state index is 0.105. The Bertz CT molecular complexity index is 1400. The zero-order chi connectivity index (χ0) is 23.9. The average molecular weight is 499 g/mol. The Balaban J connectivity index is 1.36. The zero-order valence-electron chi connectivity index (χ0n) is 19.2. The molecular formula is C25H27ClN4O3S. The molecule has 0 amide bonds. The molecular weight excluding hydrogens is 472 g/mol. The summed E-state index contributed by atoms with van der Waals surface area (Å²) in [5, 5.41) is 0.535. The molecule has 3 aromatic rings. The number of nitrogens with zero attached hydrogens (tertiary/aromatic N) is 3. The van der Waals surface area contributed by atoms with E-state index in [1.165, 1.54) is 27.3 Å². The molecule has 178 valence electrons. The molecule has 1 fully saturated rings. The first-order valence-corrected chi connectivity index (χ1v) is 13.7. The molecule has 0 atom stereocenters. The maximum Gasteiger partial charge on any atom is 0.296 e. The van der Waals surface area contributed by atoms with Gasteiger partial charge in [-0.1, -0.05) is 42.0 Å². The van der Waals surface area contributed by atoms with Crippen LogP contribution in [0.2, 0.25) is 5.02 Å². The van der Waals surface area contributed by atoms with E-state index in [2.05, 4.69) is 47.3 Å². The number of imidazole rings is 1. The Labute approximate surface area is 204 Å². The number of H-pyrrole nitrogens is 1. The monoisotopic (exact) mass is 498 g/mol. The van der Waals surface area contributed by atoms with Crippen molar-refractivity contribution in [2.75, 3.05) is 19.3 Å². The van der Waals surface area contributed by atoms with Crippen LogP contribution in [0.15, 0.2) is 42.5 Å². The zero-order valence-corrected chi connectivity index (χ0v) is 20.8. The lowest BCUT2D eigenvalue weighted by Crippen LogP contribution is -2.41. The van der Waals surface area contributed by atoms with E-state index in [4.69, 9.17) is 21.3 Å². The maximum atomic E-state index is 11.7. The van der Waals surface area contributed by atoms with Crippen LogP contribution in [0.3, 0.4) is 0 Å². The van der Waals surface area contributed by atoms with Crippen LogP contribution in [0.25, 0.3) is 28.0 Å². The minimum Gasteiger partial charge on any atom is -0.461 e. The lowest BCUT2D eigenvalue weighted by molar-refractivity contribution is 0.126. The number of sulfonamides is 1. The van der Waals surface area contributed by atoms with Gasteiger partial charge in [0.05, 0.1) is 22.5 Å². The number of pyridine rings is 1. The normalized spacial score (nSPS) is 17.8. The topological polar surface area (TPSA) is 88.2 Å². The van der Waals surface area contributed by atoms with Gasteiger partial charge in [0.1, 0.15) is 6.10 Å². The van der Waals surface area contributed by atoms with Crippen LogP contribution in [0.4, 0.5) is 0 Å². The maximum absolute atomic E-state index is 11.7. The Hall–Kier alpha value is -2.68. The Morgan fingerprint density at radius 1 is 1.15 bits per heavy atom. The van der Waals surface area contributed by atoms with E-state index in [-0.39, 0.29) is 6.10 Å². The number of halogens is 1. The second-order valence-corrected chi connectivity index (χ2v) is 11.3. The number of aryl methyl sites for hydroxylation is 1. The number of nitrogens with one attached hydrogen (secondary N) is 1. The lowest BCUT2D eigenvalue weighted by atomic mass is 9.94. The van der Waals surface area contributed by atoms with Crippen molar-refractivity contribution in [1.29, 1.82) is 0 Å². The summed E-state index contributed by atoms with van der Waals surface area (Å²) in [4.78, 5) is 12.4. The first-order valence-electron chi connectivity index (χ1n) is 11.4. The summed E-state index contributed by atoms with van der Waals surface area (Å²) in [6.07, 6.45) is 11.2. The third-order valence-electron chi connectivity index (χ3n) is 6.36. The molecule has 0 radical (unpaired) electrons. The highest BCUT2D eigenvalue weighted by Gasteiger charge is 2.26. The quantitative estimate of drug-likeness (QED) is 0.527. The number of hydrogen-bond donors (Lipinski definition) is 1. The highest BCUT2D eigenvalue weighted by Crippen LogP contribution is 2.33. The van der Waals surface area contributed by atoms with Crippen molar-refractivity contribution in [3.63, 3.8) is 0 Å². The number of aromatic nitrogens is 3. The largest absolute Gasteiger partial charge is 0.461 e. The molecule has 0 unspecified atom stereocenters. The van der Waals surface area contributed by atoms with Crippen molar-refractivity contribution in [3.8, 4) is 17.3 Å². The van der Waals surface area contributed by atoms with Crippen molar-refractivity contribution in [2.45, 2.75) is 38.7 Å². The molecule has 1 saturated heterocycles. The van der Waals surface area contributed by atoms with Crippen molar-refractivity contribution >= 4 is 38.4 Å². The Morgan fingerprint density at radius 2 is 1.94 bits per heavy atom. The molecule has 2 aliphatic rings. The van der Waals surface area contributed by atoms with Crippen molar-refractivity contribution in [2.24, 2.45) is 0 Å². The molecule has 0 saturated carbocycles. The molecule has 3 heterocycles. The number of allylic oxidation sites excluding steroid dienone is 4. The number of benzene rings is 1. The van der Waals surface area contributed by atoms with Gasteiger partial charge in [-0.2, -0.15) is 4.98 Å². The molecule has 1 aliphatic heterocycles. The van der Waals surface area contributed by atoms with Crippen LogP contribution >= 0.6 is 11.6 Å². The first kappa shape index (κ1) is 23.1. The van der Waals surface area contributed by atoms with E-state index in [1.807, 2.05) is 12.1 Å². The summed E-state index contributed by atoms with van der Waals surface area (Å²) in [7, 11) is -3.17. The van der Waals surface area contributed by atoms with Crippen LogP contribution in [-0.4, -0.2) is 53.1 Å². The van der Waals surface area contributed by atoms with Crippen LogP contribution < -0.4 is 4.74 Å². The van der Waals surface area contributed by atoms with Crippen molar-refractivity contribution < 1.29 is 13.2 Å². The summed E-state index contributed by atoms with van der Waals surface area (Å²) < 4.78 is 30.9. The van der Waals surface area contributed by atoms with Crippen LogP contribution in [0.1, 0.15) is 36.8 Å². The summed E-state index contributed by atoms with van der Waals surface area (Å²) in [6, 6.07) is 8.47. The third-order valence-corrected chi connectivity index (χ3v) is 7.95. The summed E-state index contributed by atoms with van der Waals surface area (Å²) >= 11 is 6.60. The molecule has 1 aliphatic carbocycles. The van der Waals surface area contributed by atoms with Gasteiger partial charge in [0.2, 0.25) is 10.0 Å². The standard InChI is InChI=1S/C25H27ClN4O3S/c1-16-14-18(8-9-20(16)17-6-4-3-5-7-17)23-21(26)15-22-24(28-23)29-25(27-22)33-19-10-12-30(13-11-19)34(2,31)32/h4,6-9,14-15,19H,3,5,10-13H2,1-2H3,(H,27,28,29). The van der Waals surface area contributed by atoms with Crippen LogP contribution in [-0.2, 0) is 10.0 Å². The van der Waals surface area contributed by atoms with Crippen molar-refractivity contribution in [3.05, 3.63) is 58.6 Å². The van der Waals surface area contributed by atoms with Gasteiger partial charge in [0, 0.05) is 18.7 Å². The van der Waals surface area contributed by atoms with Gasteiger partial charge in [-0.25, -0.2) is 17.7 Å². The van der Waals surface area contributed by atoms with Gasteiger partial charge < -0.3 is 9.72 Å². The number of fused-ring (bicyclic) bond motifs is 1. The number of rotatable bonds is 5. The SMILES string of the molecule is Cc1cc(-c2nc3nc(OC4CCN(S(C)(=O)=O)CC4)[nH]c3cc2Cl)ccc1C1=CCCC=C1. The molecule has 1 aromatic carbocycles. The molecule has 1 N–H and O–H groups in total. The highest BCUT2D eigenvalue weighted by molar-refractivity contribution is 7.88. The lowest BCUT2D eigenvalue weighted by Gasteiger charge is -2.29. The smallest absolute Gasteiger partial charge is 0.296 e. The van der Waals surface area contributed by atoms with Crippen molar-refractivity contribution in [1.82, 2.24) is 19.3 Å². The summed E-state index contributed by atoms with van der Waals surface area (Å²) in [5.41, 5.74) is 6.48. The summed E-state index contributed by atoms with van der Waals surface area (Å²) in [6.45, 7) is 2.99. The predicted octanol–water partition coefficient (Wildman–Crippen LogP) is 5.12. The van der Waals surface area contributed by atoms with E-state index in [1.54, 1.807) is 0 Å². The molecule has 7 nitrogen and oxygen atoms in total. The average Bonchev–Trinajstić information content (AvgIpc) is 3.19. The van der Waals surface area contributed by atoms with E-state index >= 15 is 0 Å². The molecule has 0 bridgehead atoms. The van der Waals surface area contributed by atoms with Gasteiger partial charge >= 0.3 is 0 Å². The van der Waals surface area contributed by atoms with E-state index < -0.39 is 10.0 Å². The van der Waals surface area contributed by atoms with E-state index in [0.717, 1.165) is 18.4 Å². The molecule has 34 heavy (non-hydrogen) atoms. The van der Waals surface area contributed by atoms with Gasteiger partial charge in [0.15, 0.2) is 5.65 Å². The molecule has 5 rings (SSSR count). The Kier molecular flexibility index (Phi) is 6.22. The number of ether oxygens (including phenoxy) is 1. The molecule has 9 heteroatoms. The summed E-state index contributed by atoms with van der Waals surface area (Å²) in [5.74, 6) is 0. The fraction of sp³-hybridized carbons (Fsp3) is 0.360. The van der Waals surface area contributed by atoms with Gasteiger partial charge in [0.25, 0.3) is 6.01 Å². The molecule has 2 aromatic heterocycles. The first-order chi connectivity index (χ1) is 16.3. The predicted molar refractivity (Wildman–Crippen MR) is 135 cm³/mol. The van der Waals surface area contributed by atoms with E-state index in [0.29, 0.717) is 53.8 Å².